The topological polar surface area (TPSA) is 66.0 Å². The normalized spacial score (nSPS) is 24.9. The predicted molar refractivity (Wildman–Crippen MR) is 55.0 cm³/mol. The molecule has 14 heavy (non-hydrogen) atoms. The second-order valence-electron chi connectivity index (χ2n) is 3.33. The van der Waals surface area contributed by atoms with E-state index in [1.165, 1.54) is 0 Å². The highest BCUT2D eigenvalue weighted by Crippen LogP contribution is 2.21. The van der Waals surface area contributed by atoms with Crippen molar-refractivity contribution >= 4 is 11.8 Å². The van der Waals surface area contributed by atoms with Gasteiger partial charge in [-0.05, 0) is 0 Å². The Balaban J connectivity index is 2.03. The molecule has 0 amide bonds. The lowest BCUT2D eigenvalue weighted by Crippen LogP contribution is -2.34. The van der Waals surface area contributed by atoms with Crippen LogP contribution < -0.4 is 5.73 Å². The van der Waals surface area contributed by atoms with Crippen molar-refractivity contribution in [3.05, 3.63) is 11.9 Å². The highest BCUT2D eigenvalue weighted by atomic mass is 32.2. The number of rotatable bonds is 2. The summed E-state index contributed by atoms with van der Waals surface area (Å²) in [5, 5.41) is 7.85. The molecule has 0 bridgehead atoms. The third-order valence-corrected chi connectivity index (χ3v) is 3.22. The zero-order valence-corrected chi connectivity index (χ0v) is 8.91. The molecule has 2 unspecified atom stereocenters. The van der Waals surface area contributed by atoms with E-state index in [2.05, 4.69) is 10.3 Å². The number of hydrogen-bond donors (Lipinski definition) is 1. The van der Waals surface area contributed by atoms with Crippen LogP contribution in [0.15, 0.2) is 6.20 Å². The third-order valence-electron chi connectivity index (χ3n) is 2.20. The van der Waals surface area contributed by atoms with Gasteiger partial charge in [0.15, 0.2) is 0 Å². The summed E-state index contributed by atoms with van der Waals surface area (Å²) in [6.07, 6.45) is 1.92. The first kappa shape index (κ1) is 9.95. The molecule has 2 atom stereocenters. The van der Waals surface area contributed by atoms with E-state index in [0.717, 1.165) is 23.8 Å². The van der Waals surface area contributed by atoms with Crippen LogP contribution in [-0.2, 0) is 11.8 Å². The van der Waals surface area contributed by atoms with E-state index >= 15 is 0 Å². The summed E-state index contributed by atoms with van der Waals surface area (Å²) >= 11 is 1.87. The summed E-state index contributed by atoms with van der Waals surface area (Å²) in [4.78, 5) is 0. The van der Waals surface area contributed by atoms with Gasteiger partial charge in [0.2, 0.25) is 0 Å². The first-order valence-corrected chi connectivity index (χ1v) is 5.74. The number of thioether (sulfide) groups is 1. The van der Waals surface area contributed by atoms with E-state index in [1.807, 2.05) is 25.0 Å². The molecule has 0 aliphatic carbocycles. The first-order valence-electron chi connectivity index (χ1n) is 4.58. The average Bonchev–Trinajstić information content (AvgIpc) is 2.65. The molecule has 0 aromatic carbocycles. The Hall–Kier alpha value is -0.590. The number of ether oxygens (including phenoxy) is 1. The largest absolute Gasteiger partial charge is 0.374 e. The third kappa shape index (κ3) is 2.08. The lowest BCUT2D eigenvalue weighted by molar-refractivity contribution is 0.0559. The molecule has 1 aromatic rings. The molecule has 1 aliphatic heterocycles. The summed E-state index contributed by atoms with van der Waals surface area (Å²) in [6.45, 7) is 0.781. The summed E-state index contributed by atoms with van der Waals surface area (Å²) in [5.41, 5.74) is 6.83. The number of hydrogen-bond acceptors (Lipinski definition) is 5. The van der Waals surface area contributed by atoms with Gasteiger partial charge in [0.05, 0.1) is 18.8 Å². The van der Waals surface area contributed by atoms with Gasteiger partial charge in [-0.15, -0.1) is 5.10 Å². The monoisotopic (exact) mass is 214 g/mol. The number of aromatic nitrogens is 3. The fourth-order valence-corrected chi connectivity index (χ4v) is 2.34. The minimum absolute atomic E-state index is 0.0745. The van der Waals surface area contributed by atoms with Crippen LogP contribution in [0, 0.1) is 0 Å². The molecule has 1 saturated heterocycles. The van der Waals surface area contributed by atoms with Gasteiger partial charge in [-0.1, -0.05) is 5.21 Å². The Morgan fingerprint density at radius 3 is 3.21 bits per heavy atom. The molecule has 0 radical (unpaired) electrons. The van der Waals surface area contributed by atoms with Gasteiger partial charge in [0.25, 0.3) is 0 Å². The molecule has 6 heteroatoms. The maximum absolute atomic E-state index is 6.03. The summed E-state index contributed by atoms with van der Waals surface area (Å²) in [7, 11) is 1.83. The highest BCUT2D eigenvalue weighted by Gasteiger charge is 2.24. The molecule has 0 saturated carbocycles. The van der Waals surface area contributed by atoms with Gasteiger partial charge >= 0.3 is 0 Å². The van der Waals surface area contributed by atoms with Crippen molar-refractivity contribution in [3.8, 4) is 0 Å². The maximum atomic E-state index is 6.03. The smallest absolute Gasteiger partial charge is 0.102 e. The van der Waals surface area contributed by atoms with Crippen LogP contribution in [0.4, 0.5) is 0 Å². The Morgan fingerprint density at radius 2 is 2.64 bits per heavy atom. The van der Waals surface area contributed by atoms with Crippen molar-refractivity contribution in [1.82, 2.24) is 15.0 Å². The van der Waals surface area contributed by atoms with E-state index in [-0.39, 0.29) is 12.1 Å². The van der Waals surface area contributed by atoms with Crippen molar-refractivity contribution in [1.29, 1.82) is 0 Å². The van der Waals surface area contributed by atoms with Crippen LogP contribution in [0.25, 0.3) is 0 Å². The number of aryl methyl sites for hydroxylation is 1. The number of nitrogens with two attached hydrogens (primary N) is 1. The Kier molecular flexibility index (Phi) is 3.05. The molecule has 1 aromatic heterocycles. The first-order chi connectivity index (χ1) is 6.77. The molecule has 2 heterocycles. The maximum Gasteiger partial charge on any atom is 0.102 e. The summed E-state index contributed by atoms with van der Waals surface area (Å²) in [5.74, 6) is 2.00. The average molecular weight is 214 g/mol. The van der Waals surface area contributed by atoms with Crippen LogP contribution in [0.2, 0.25) is 0 Å². The molecule has 0 spiro atoms. The Morgan fingerprint density at radius 1 is 1.79 bits per heavy atom. The van der Waals surface area contributed by atoms with Gasteiger partial charge in [0.1, 0.15) is 5.69 Å². The van der Waals surface area contributed by atoms with Crippen molar-refractivity contribution in [2.75, 3.05) is 18.1 Å². The second-order valence-corrected chi connectivity index (χ2v) is 4.48. The minimum Gasteiger partial charge on any atom is -0.374 e. The Bertz CT molecular complexity index is 297. The van der Waals surface area contributed by atoms with Crippen molar-refractivity contribution in [2.24, 2.45) is 12.8 Å². The van der Waals surface area contributed by atoms with Gasteiger partial charge < -0.3 is 10.5 Å². The molecule has 2 N–H and O–H groups in total. The van der Waals surface area contributed by atoms with Crippen LogP contribution in [0.1, 0.15) is 11.7 Å². The Labute approximate surface area is 87.0 Å². The van der Waals surface area contributed by atoms with Gasteiger partial charge in [-0.2, -0.15) is 11.8 Å². The zero-order valence-electron chi connectivity index (χ0n) is 8.09. The lowest BCUT2D eigenvalue weighted by Gasteiger charge is -2.26. The second kappa shape index (κ2) is 4.29. The van der Waals surface area contributed by atoms with E-state index in [1.54, 1.807) is 4.68 Å². The van der Waals surface area contributed by atoms with Crippen molar-refractivity contribution in [2.45, 2.75) is 12.1 Å². The molecule has 1 fully saturated rings. The zero-order chi connectivity index (χ0) is 9.97. The van der Waals surface area contributed by atoms with Gasteiger partial charge in [0, 0.05) is 24.8 Å². The van der Waals surface area contributed by atoms with Crippen LogP contribution in [-0.4, -0.2) is 39.2 Å². The van der Waals surface area contributed by atoms with E-state index in [9.17, 15) is 0 Å². The molecular weight excluding hydrogens is 200 g/mol. The lowest BCUT2D eigenvalue weighted by atomic mass is 10.1. The summed E-state index contributed by atoms with van der Waals surface area (Å²) in [6, 6.07) is -0.156. The molecule has 5 nitrogen and oxygen atoms in total. The standard InChI is InChI=1S/C8H14N4OS/c1-12-4-6(10-11-12)8(9)7-5-14-3-2-13-7/h4,7-8H,2-3,5,9H2,1H3. The van der Waals surface area contributed by atoms with Gasteiger partial charge in [-0.3, -0.25) is 4.68 Å². The number of nitrogens with zero attached hydrogens (tertiary/aromatic N) is 3. The predicted octanol–water partition coefficient (Wildman–Crippen LogP) is -0.0531. The fourth-order valence-electron chi connectivity index (χ4n) is 1.42. The minimum atomic E-state index is -0.156. The molecule has 1 aliphatic rings. The SMILES string of the molecule is Cn1cc(C(N)C2CSCCO2)nn1. The molecule has 2 rings (SSSR count). The molecular formula is C8H14N4OS. The van der Waals surface area contributed by atoms with E-state index < -0.39 is 0 Å². The van der Waals surface area contributed by atoms with Crippen LogP contribution in [0.5, 0.6) is 0 Å². The highest BCUT2D eigenvalue weighted by molar-refractivity contribution is 7.99. The van der Waals surface area contributed by atoms with E-state index in [0.29, 0.717) is 0 Å². The fraction of sp³-hybridized carbons (Fsp3) is 0.750. The van der Waals surface area contributed by atoms with E-state index in [4.69, 9.17) is 10.5 Å². The quantitative estimate of drug-likeness (QED) is 0.747. The van der Waals surface area contributed by atoms with Crippen LogP contribution >= 0.6 is 11.8 Å². The van der Waals surface area contributed by atoms with Crippen LogP contribution in [0.3, 0.4) is 0 Å². The molecule has 78 valence electrons. The van der Waals surface area contributed by atoms with Crippen molar-refractivity contribution < 1.29 is 4.74 Å². The summed E-state index contributed by atoms with van der Waals surface area (Å²) < 4.78 is 7.24. The van der Waals surface area contributed by atoms with Crippen molar-refractivity contribution in [3.63, 3.8) is 0 Å². The van der Waals surface area contributed by atoms with Gasteiger partial charge in [-0.25, -0.2) is 0 Å².